The van der Waals surface area contributed by atoms with Gasteiger partial charge in [-0.15, -0.1) is 0 Å². The van der Waals surface area contributed by atoms with E-state index < -0.39 is 17.4 Å². The van der Waals surface area contributed by atoms with Gasteiger partial charge < -0.3 is 4.90 Å². The van der Waals surface area contributed by atoms with E-state index in [-0.39, 0.29) is 45.3 Å². The van der Waals surface area contributed by atoms with Gasteiger partial charge in [0.05, 0.1) is 33.9 Å². The van der Waals surface area contributed by atoms with Gasteiger partial charge in [-0.2, -0.15) is 13.2 Å². The fourth-order valence-corrected chi connectivity index (χ4v) is 4.92. The van der Waals surface area contributed by atoms with Gasteiger partial charge in [-0.1, -0.05) is 59.1 Å². The van der Waals surface area contributed by atoms with Gasteiger partial charge in [-0.25, -0.2) is 4.39 Å². The molecule has 1 N–H and O–H groups in total. The smallest absolute Gasteiger partial charge is 0.335 e. The molecule has 1 amide bonds. The standard InChI is InChI=1S/C24H19Cl3F4N2O2/c25-17-8-16(9-18(26)21(17)27)23(24(29,30)31)10-19(32-35-23)14-3-5-15(6-4-14)22(28)11-33(12-22)20(34)7-13-1-2-13/h3-6,8-10,13,32H,1-2,7,11-12H2. The van der Waals surface area contributed by atoms with Gasteiger partial charge in [0.2, 0.25) is 11.5 Å². The van der Waals surface area contributed by atoms with E-state index in [2.05, 4.69) is 5.48 Å². The summed E-state index contributed by atoms with van der Waals surface area (Å²) in [6.07, 6.45) is -1.44. The number of carbonyl (C=O) groups is 1. The number of nitrogens with zero attached hydrogens (tertiary/aromatic N) is 1. The number of carbonyl (C=O) groups excluding carboxylic acids is 1. The highest BCUT2D eigenvalue weighted by atomic mass is 35.5. The SMILES string of the molecule is O=C(CC1CC1)N1CC(F)(c2ccc(C3=CC(c4cc(Cl)c(Cl)c(Cl)c4)(C(F)(F)F)ON3)cc2)C1. The third-order valence-corrected chi connectivity index (χ3v) is 7.81. The molecule has 2 aliphatic heterocycles. The van der Waals surface area contributed by atoms with E-state index in [1.807, 2.05) is 0 Å². The first-order chi connectivity index (χ1) is 16.4. The second kappa shape index (κ2) is 8.54. The maximum absolute atomic E-state index is 15.3. The number of benzene rings is 2. The molecule has 1 atom stereocenters. The molecule has 2 aromatic carbocycles. The minimum atomic E-state index is -4.87. The fourth-order valence-electron chi connectivity index (χ4n) is 4.32. The predicted octanol–water partition coefficient (Wildman–Crippen LogP) is 6.79. The summed E-state index contributed by atoms with van der Waals surface area (Å²) in [5, 5.41) is -0.360. The molecule has 0 radical (unpaired) electrons. The molecule has 1 aliphatic carbocycles. The van der Waals surface area contributed by atoms with Crippen LogP contribution in [0.4, 0.5) is 17.6 Å². The number of hydrogen-bond acceptors (Lipinski definition) is 3. The Morgan fingerprint density at radius 2 is 1.66 bits per heavy atom. The van der Waals surface area contributed by atoms with E-state index >= 15 is 4.39 Å². The van der Waals surface area contributed by atoms with Crippen molar-refractivity contribution in [1.82, 2.24) is 10.4 Å². The topological polar surface area (TPSA) is 41.6 Å². The first kappa shape index (κ1) is 24.7. The maximum atomic E-state index is 15.3. The molecule has 186 valence electrons. The summed E-state index contributed by atoms with van der Waals surface area (Å²) < 4.78 is 57.9. The van der Waals surface area contributed by atoms with Gasteiger partial charge in [-0.3, -0.25) is 15.1 Å². The van der Waals surface area contributed by atoms with Crippen LogP contribution in [-0.4, -0.2) is 30.1 Å². The molecule has 0 aromatic heterocycles. The van der Waals surface area contributed by atoms with E-state index in [0.29, 0.717) is 23.5 Å². The molecule has 3 aliphatic rings. The average molecular weight is 550 g/mol. The number of alkyl halides is 4. The molecule has 1 saturated heterocycles. The van der Waals surface area contributed by atoms with Crippen LogP contribution in [-0.2, 0) is 20.9 Å². The summed E-state index contributed by atoms with van der Waals surface area (Å²) >= 11 is 17.8. The van der Waals surface area contributed by atoms with Gasteiger partial charge in [-0.05, 0) is 48.1 Å². The van der Waals surface area contributed by atoms with Crippen molar-refractivity contribution in [3.63, 3.8) is 0 Å². The molecular weight excluding hydrogens is 531 g/mol. The van der Waals surface area contributed by atoms with Gasteiger partial charge >= 0.3 is 6.18 Å². The van der Waals surface area contributed by atoms with E-state index in [0.717, 1.165) is 31.1 Å². The normalized spacial score (nSPS) is 23.5. The molecule has 0 spiro atoms. The first-order valence-electron chi connectivity index (χ1n) is 10.9. The molecule has 1 saturated carbocycles. The zero-order chi connectivity index (χ0) is 25.2. The lowest BCUT2D eigenvalue weighted by Gasteiger charge is -2.45. The van der Waals surface area contributed by atoms with Crippen molar-refractivity contribution >= 4 is 46.4 Å². The van der Waals surface area contributed by atoms with Crippen LogP contribution in [0.15, 0.2) is 42.5 Å². The zero-order valence-corrected chi connectivity index (χ0v) is 20.3. The van der Waals surface area contributed by atoms with Crippen LogP contribution in [0.5, 0.6) is 0 Å². The molecule has 4 nitrogen and oxygen atoms in total. The van der Waals surface area contributed by atoms with E-state index in [1.165, 1.54) is 29.2 Å². The van der Waals surface area contributed by atoms with Crippen molar-refractivity contribution in [2.45, 2.75) is 36.7 Å². The second-order valence-electron chi connectivity index (χ2n) is 9.19. The van der Waals surface area contributed by atoms with E-state index in [4.69, 9.17) is 39.6 Å². The van der Waals surface area contributed by atoms with Crippen molar-refractivity contribution < 1.29 is 27.2 Å². The summed E-state index contributed by atoms with van der Waals surface area (Å²) in [6.45, 7) is -0.0611. The van der Waals surface area contributed by atoms with E-state index in [9.17, 15) is 18.0 Å². The monoisotopic (exact) mass is 548 g/mol. The highest BCUT2D eigenvalue weighted by Gasteiger charge is 2.60. The number of nitrogens with one attached hydrogen (secondary N) is 1. The van der Waals surface area contributed by atoms with Crippen LogP contribution >= 0.6 is 34.8 Å². The van der Waals surface area contributed by atoms with Gasteiger partial charge in [0, 0.05) is 12.0 Å². The lowest BCUT2D eigenvalue weighted by atomic mass is 9.86. The molecule has 2 aromatic rings. The molecular formula is C24H19Cl3F4N2O2. The first-order valence-corrected chi connectivity index (χ1v) is 12.0. The van der Waals surface area contributed by atoms with Gasteiger partial charge in [0.15, 0.2) is 5.67 Å². The van der Waals surface area contributed by atoms with Crippen molar-refractivity contribution in [3.05, 3.63) is 74.2 Å². The average Bonchev–Trinajstić information content (AvgIpc) is 3.47. The van der Waals surface area contributed by atoms with Crippen LogP contribution < -0.4 is 5.48 Å². The Balaban J connectivity index is 1.38. The summed E-state index contributed by atoms with van der Waals surface area (Å²) in [4.78, 5) is 18.7. The third kappa shape index (κ3) is 4.39. The van der Waals surface area contributed by atoms with Crippen molar-refractivity contribution in [2.75, 3.05) is 13.1 Å². The molecule has 35 heavy (non-hydrogen) atoms. The summed E-state index contributed by atoms with van der Waals surface area (Å²) in [6, 6.07) is 8.11. The molecule has 2 fully saturated rings. The highest BCUT2D eigenvalue weighted by molar-refractivity contribution is 6.48. The van der Waals surface area contributed by atoms with Crippen molar-refractivity contribution in [3.8, 4) is 0 Å². The minimum Gasteiger partial charge on any atom is -0.335 e. The molecule has 0 bridgehead atoms. The number of likely N-dealkylation sites (tertiary alicyclic amines) is 1. The summed E-state index contributed by atoms with van der Waals surface area (Å²) in [5.41, 5.74) is -1.81. The lowest BCUT2D eigenvalue weighted by molar-refractivity contribution is -0.269. The number of hydrogen-bond donors (Lipinski definition) is 1. The molecule has 5 rings (SSSR count). The van der Waals surface area contributed by atoms with Crippen LogP contribution in [0.25, 0.3) is 5.70 Å². The van der Waals surface area contributed by atoms with Gasteiger partial charge in [0.1, 0.15) is 0 Å². The lowest BCUT2D eigenvalue weighted by Crippen LogP contribution is -2.58. The van der Waals surface area contributed by atoms with Crippen LogP contribution in [0.2, 0.25) is 15.1 Å². The Bertz CT molecular complexity index is 1190. The van der Waals surface area contributed by atoms with Crippen LogP contribution in [0.3, 0.4) is 0 Å². The quantitative estimate of drug-likeness (QED) is 0.330. The number of halogens is 7. The van der Waals surface area contributed by atoms with E-state index in [1.54, 1.807) is 0 Å². The second-order valence-corrected chi connectivity index (χ2v) is 10.4. The summed E-state index contributed by atoms with van der Waals surface area (Å²) in [7, 11) is 0. The molecule has 1 unspecified atom stereocenters. The molecule has 2 heterocycles. The molecule has 11 heteroatoms. The number of hydroxylamine groups is 1. The van der Waals surface area contributed by atoms with Crippen molar-refractivity contribution in [1.29, 1.82) is 0 Å². The summed E-state index contributed by atoms with van der Waals surface area (Å²) in [5.74, 6) is 0.385. The number of rotatable bonds is 5. The predicted molar refractivity (Wildman–Crippen MR) is 125 cm³/mol. The number of amides is 1. The third-order valence-electron chi connectivity index (χ3n) is 6.61. The largest absolute Gasteiger partial charge is 0.428 e. The van der Waals surface area contributed by atoms with Gasteiger partial charge in [0.25, 0.3) is 0 Å². The fraction of sp³-hybridized carbons (Fsp3) is 0.375. The maximum Gasteiger partial charge on any atom is 0.428 e. The Morgan fingerprint density at radius 3 is 2.20 bits per heavy atom. The van der Waals surface area contributed by atoms with Crippen LogP contribution in [0, 0.1) is 5.92 Å². The Labute approximate surface area is 213 Å². The highest BCUT2D eigenvalue weighted by Crippen LogP contribution is 2.49. The Hall–Kier alpha value is -2.00. The Morgan fingerprint density at radius 1 is 1.06 bits per heavy atom. The minimum absolute atomic E-state index is 0.0305. The zero-order valence-electron chi connectivity index (χ0n) is 18.1. The Kier molecular flexibility index (Phi) is 6.02. The van der Waals surface area contributed by atoms with Crippen LogP contribution in [0.1, 0.15) is 36.0 Å². The van der Waals surface area contributed by atoms with Crippen molar-refractivity contribution in [2.24, 2.45) is 5.92 Å².